The zero-order chi connectivity index (χ0) is 20.9. The molecule has 1 aromatic heterocycles. The number of rotatable bonds is 5. The first-order valence-electron chi connectivity index (χ1n) is 9.34. The number of ether oxygens (including phenoxy) is 1. The molecule has 0 saturated carbocycles. The van der Waals surface area contributed by atoms with Crippen LogP contribution in [0.3, 0.4) is 0 Å². The fourth-order valence-electron chi connectivity index (χ4n) is 2.96. The van der Waals surface area contributed by atoms with E-state index in [0.29, 0.717) is 23.0 Å². The van der Waals surface area contributed by atoms with Crippen LogP contribution in [0, 0.1) is 5.82 Å². The molecule has 5 nitrogen and oxygen atoms in total. The molecule has 0 fully saturated rings. The van der Waals surface area contributed by atoms with Crippen molar-refractivity contribution < 1.29 is 13.9 Å². The van der Waals surface area contributed by atoms with E-state index in [1.807, 2.05) is 48.5 Å². The average molecular weight is 399 g/mol. The molecule has 0 N–H and O–H groups in total. The maximum absolute atomic E-state index is 13.1. The number of carbonyl (C=O) groups excluding carboxylic acids is 1. The normalized spacial score (nSPS) is 11.0. The fourth-order valence-corrected chi connectivity index (χ4v) is 2.96. The van der Waals surface area contributed by atoms with E-state index >= 15 is 0 Å². The number of nitrogens with zero attached hydrogens (tertiary/aromatic N) is 3. The summed E-state index contributed by atoms with van der Waals surface area (Å²) in [4.78, 5) is 16.2. The van der Waals surface area contributed by atoms with Crippen LogP contribution in [0.4, 0.5) is 4.39 Å². The molecule has 1 heterocycles. The predicted octanol–water partition coefficient (Wildman–Crippen LogP) is 5.17. The quantitative estimate of drug-likeness (QED) is 0.343. The first-order valence-corrected chi connectivity index (χ1v) is 9.34. The van der Waals surface area contributed by atoms with E-state index < -0.39 is 5.97 Å². The van der Waals surface area contributed by atoms with Gasteiger partial charge in [-0.2, -0.15) is 0 Å². The van der Waals surface area contributed by atoms with Crippen LogP contribution >= 0.6 is 0 Å². The third-order valence-corrected chi connectivity index (χ3v) is 4.30. The van der Waals surface area contributed by atoms with E-state index in [0.717, 1.165) is 11.3 Å². The topological polar surface area (TPSA) is 57.0 Å². The lowest BCUT2D eigenvalue weighted by Gasteiger charge is -2.09. The third kappa shape index (κ3) is 4.33. The van der Waals surface area contributed by atoms with E-state index in [4.69, 9.17) is 4.74 Å². The highest BCUT2D eigenvalue weighted by Gasteiger charge is 2.17. The molecular formula is C24H18FN3O2. The molecule has 0 radical (unpaired) electrons. The predicted molar refractivity (Wildman–Crippen MR) is 113 cm³/mol. The third-order valence-electron chi connectivity index (χ3n) is 4.30. The van der Waals surface area contributed by atoms with Gasteiger partial charge in [0.1, 0.15) is 11.6 Å². The largest absolute Gasteiger partial charge is 0.426 e. The highest BCUT2D eigenvalue weighted by atomic mass is 19.1. The van der Waals surface area contributed by atoms with Crippen molar-refractivity contribution in [2.24, 2.45) is 0 Å². The van der Waals surface area contributed by atoms with Gasteiger partial charge in [0.25, 0.3) is 0 Å². The summed E-state index contributed by atoms with van der Waals surface area (Å²) in [7, 11) is 0. The molecule has 0 aliphatic rings. The van der Waals surface area contributed by atoms with E-state index in [1.54, 1.807) is 35.0 Å². The second-order valence-electron chi connectivity index (χ2n) is 6.52. The first kappa shape index (κ1) is 19.3. The van der Waals surface area contributed by atoms with Crippen LogP contribution < -0.4 is 4.74 Å². The number of aromatic nitrogens is 3. The summed E-state index contributed by atoms with van der Waals surface area (Å²) in [6.07, 6.45) is 3.57. The van der Waals surface area contributed by atoms with Gasteiger partial charge in [-0.1, -0.05) is 48.5 Å². The summed E-state index contributed by atoms with van der Waals surface area (Å²) in [6, 6.07) is 22.9. The Balaban J connectivity index is 1.80. The Bertz CT molecular complexity index is 1200. The number of carbonyl (C=O) groups is 1. The van der Waals surface area contributed by atoms with Gasteiger partial charge in [0.2, 0.25) is 0 Å². The molecule has 0 aliphatic carbocycles. The molecule has 148 valence electrons. The van der Waals surface area contributed by atoms with Crippen molar-refractivity contribution in [1.29, 1.82) is 0 Å². The van der Waals surface area contributed by atoms with Gasteiger partial charge in [0.05, 0.1) is 11.3 Å². The summed E-state index contributed by atoms with van der Waals surface area (Å²) in [5.74, 6) is 0.712. The second-order valence-corrected chi connectivity index (χ2v) is 6.52. The molecule has 4 aromatic rings. The van der Waals surface area contributed by atoms with Crippen molar-refractivity contribution in [3.8, 4) is 22.8 Å². The number of hydrogen-bond acceptors (Lipinski definition) is 4. The van der Waals surface area contributed by atoms with Crippen molar-refractivity contribution in [2.75, 3.05) is 0 Å². The maximum Gasteiger partial charge on any atom is 0.308 e. The Labute approximate surface area is 173 Å². The highest BCUT2D eigenvalue weighted by Crippen LogP contribution is 2.30. The van der Waals surface area contributed by atoms with E-state index in [9.17, 15) is 9.18 Å². The molecule has 0 aliphatic heterocycles. The van der Waals surface area contributed by atoms with Crippen LogP contribution in [0.2, 0.25) is 0 Å². The van der Waals surface area contributed by atoms with Crippen molar-refractivity contribution in [3.63, 3.8) is 0 Å². The van der Waals surface area contributed by atoms with Crippen LogP contribution in [0.1, 0.15) is 18.3 Å². The Morgan fingerprint density at radius 1 is 0.933 bits per heavy atom. The molecule has 0 amide bonds. The molecule has 4 rings (SSSR count). The van der Waals surface area contributed by atoms with Crippen molar-refractivity contribution in [3.05, 3.63) is 96.1 Å². The molecule has 0 spiro atoms. The molecular weight excluding hydrogens is 381 g/mol. The van der Waals surface area contributed by atoms with Gasteiger partial charge < -0.3 is 4.74 Å². The number of esters is 1. The Hall–Kier alpha value is -4.06. The Kier molecular flexibility index (Phi) is 5.48. The van der Waals surface area contributed by atoms with E-state index in [1.165, 1.54) is 19.1 Å². The molecule has 30 heavy (non-hydrogen) atoms. The number of benzene rings is 3. The van der Waals surface area contributed by atoms with Crippen LogP contribution in [0.5, 0.6) is 5.75 Å². The summed E-state index contributed by atoms with van der Waals surface area (Å²) in [5.41, 5.74) is 2.29. The van der Waals surface area contributed by atoms with Gasteiger partial charge >= 0.3 is 5.97 Å². The van der Waals surface area contributed by atoms with Gasteiger partial charge in [-0.3, -0.25) is 4.79 Å². The van der Waals surface area contributed by atoms with Crippen LogP contribution in [-0.2, 0) is 4.79 Å². The zero-order valence-electron chi connectivity index (χ0n) is 16.2. The van der Waals surface area contributed by atoms with Crippen LogP contribution in [0.15, 0.2) is 78.9 Å². The monoisotopic (exact) mass is 399 g/mol. The summed E-state index contributed by atoms with van der Waals surface area (Å²) >= 11 is 0. The van der Waals surface area contributed by atoms with E-state index in [-0.39, 0.29) is 5.82 Å². The second kappa shape index (κ2) is 8.53. The Morgan fingerprint density at radius 2 is 1.63 bits per heavy atom. The van der Waals surface area contributed by atoms with Crippen LogP contribution in [-0.4, -0.2) is 20.7 Å². The van der Waals surface area contributed by atoms with Gasteiger partial charge in [-0.25, -0.2) is 14.1 Å². The summed E-state index contributed by atoms with van der Waals surface area (Å²) in [6.45, 7) is 1.36. The lowest BCUT2D eigenvalue weighted by Crippen LogP contribution is -2.05. The van der Waals surface area contributed by atoms with E-state index in [2.05, 4.69) is 10.1 Å². The molecule has 3 aromatic carbocycles. The van der Waals surface area contributed by atoms with Gasteiger partial charge in [-0.15, -0.1) is 5.10 Å². The van der Waals surface area contributed by atoms with Crippen molar-refractivity contribution in [2.45, 2.75) is 6.92 Å². The number of para-hydroxylation sites is 2. The zero-order valence-corrected chi connectivity index (χ0v) is 16.2. The first-order chi connectivity index (χ1) is 14.6. The number of halogens is 1. The van der Waals surface area contributed by atoms with Crippen LogP contribution in [0.25, 0.3) is 29.2 Å². The maximum atomic E-state index is 13.1. The lowest BCUT2D eigenvalue weighted by molar-refractivity contribution is -0.131. The average Bonchev–Trinajstić information content (AvgIpc) is 3.18. The molecule has 0 atom stereocenters. The van der Waals surface area contributed by atoms with Crippen molar-refractivity contribution >= 4 is 18.1 Å². The molecule has 0 bridgehead atoms. The Morgan fingerprint density at radius 3 is 2.37 bits per heavy atom. The minimum absolute atomic E-state index is 0.289. The smallest absolute Gasteiger partial charge is 0.308 e. The van der Waals surface area contributed by atoms with Gasteiger partial charge in [0, 0.05) is 6.92 Å². The summed E-state index contributed by atoms with van der Waals surface area (Å²) < 4.78 is 20.2. The van der Waals surface area contributed by atoms with Crippen molar-refractivity contribution in [1.82, 2.24) is 14.8 Å². The minimum Gasteiger partial charge on any atom is -0.426 e. The van der Waals surface area contributed by atoms with Gasteiger partial charge in [0.15, 0.2) is 11.6 Å². The lowest BCUT2D eigenvalue weighted by atomic mass is 10.2. The molecule has 0 unspecified atom stereocenters. The molecule has 6 heteroatoms. The molecule has 0 saturated heterocycles. The SMILES string of the molecule is CC(=O)Oc1ccccc1-c1nc(/C=C/c2ccc(F)cc2)nn1-c1ccccc1. The number of hydrogen-bond donors (Lipinski definition) is 0. The van der Waals surface area contributed by atoms with Gasteiger partial charge in [-0.05, 0) is 48.0 Å². The highest BCUT2D eigenvalue weighted by molar-refractivity contribution is 5.75. The fraction of sp³-hybridized carbons (Fsp3) is 0.0417. The summed E-state index contributed by atoms with van der Waals surface area (Å²) in [5, 5.41) is 4.61. The minimum atomic E-state index is -0.412. The standard InChI is InChI=1S/C24H18FN3O2/c1-17(29)30-22-10-6-5-9-21(22)24-26-23(16-13-18-11-14-19(25)15-12-18)27-28(24)20-7-3-2-4-8-20/h2-16H,1H3/b16-13+.